The fourth-order valence-corrected chi connectivity index (χ4v) is 3.13. The average Bonchev–Trinajstić information content (AvgIpc) is 2.61. The molecule has 3 aromatic carbocycles. The number of rotatable bonds is 3. The third kappa shape index (κ3) is 2.72. The highest BCUT2D eigenvalue weighted by atomic mass is 79.9. The molecule has 1 amide bonds. The molecule has 0 atom stereocenters. The number of benzene rings is 2. The van der Waals surface area contributed by atoms with Gasteiger partial charge in [0.05, 0.1) is 11.3 Å². The first-order valence-corrected chi connectivity index (χ1v) is 8.25. The summed E-state index contributed by atoms with van der Waals surface area (Å²) in [4.78, 5) is 35.4. The number of ether oxygens (including phenoxy) is 1. The molecule has 0 aliphatic carbocycles. The summed E-state index contributed by atoms with van der Waals surface area (Å²) < 4.78 is 6.23. The average molecular weight is 399 g/mol. The second-order valence-corrected chi connectivity index (χ2v) is 6.51. The summed E-state index contributed by atoms with van der Waals surface area (Å²) in [5.74, 6) is 0.241. The molecule has 1 heterocycles. The molecule has 4 rings (SSSR count). The first kappa shape index (κ1) is 15.6. The predicted molar refractivity (Wildman–Crippen MR) is 98.3 cm³/mol. The van der Waals surface area contributed by atoms with E-state index in [-0.39, 0.29) is 18.2 Å². The first-order chi connectivity index (χ1) is 12.0. The monoisotopic (exact) mass is 398 g/mol. The van der Waals surface area contributed by atoms with Crippen molar-refractivity contribution in [3.8, 4) is 16.9 Å². The highest BCUT2D eigenvalue weighted by molar-refractivity contribution is 9.10. The van der Waals surface area contributed by atoms with Crippen LogP contribution in [0.5, 0.6) is 5.75 Å². The zero-order valence-corrected chi connectivity index (χ0v) is 14.3. The van der Waals surface area contributed by atoms with Crippen molar-refractivity contribution in [2.75, 3.05) is 17.2 Å². The van der Waals surface area contributed by atoms with Crippen molar-refractivity contribution in [2.45, 2.75) is 0 Å². The van der Waals surface area contributed by atoms with Gasteiger partial charge in [-0.25, -0.2) is 0 Å². The predicted octanol–water partition coefficient (Wildman–Crippen LogP) is 2.79. The van der Waals surface area contributed by atoms with Crippen LogP contribution >= 0.6 is 15.9 Å². The van der Waals surface area contributed by atoms with E-state index in [9.17, 15) is 14.4 Å². The number of anilines is 3. The quantitative estimate of drug-likeness (QED) is 0.662. The van der Waals surface area contributed by atoms with Crippen LogP contribution in [0.25, 0.3) is 11.1 Å². The van der Waals surface area contributed by atoms with E-state index in [1.807, 2.05) is 18.2 Å². The maximum atomic E-state index is 12.1. The Morgan fingerprint density at radius 1 is 1.04 bits per heavy atom. The fraction of sp³-hybridized carbons (Fsp3) is 0.0556. The van der Waals surface area contributed by atoms with Gasteiger partial charge in [-0.2, -0.15) is 0 Å². The molecule has 6 nitrogen and oxygen atoms in total. The largest absolute Gasteiger partial charge is 0.482 e. The van der Waals surface area contributed by atoms with Gasteiger partial charge < -0.3 is 15.4 Å². The van der Waals surface area contributed by atoms with Crippen LogP contribution in [-0.4, -0.2) is 12.5 Å². The zero-order chi connectivity index (χ0) is 17.6. The van der Waals surface area contributed by atoms with E-state index in [2.05, 4.69) is 26.6 Å². The Balaban J connectivity index is 1.72. The lowest BCUT2D eigenvalue weighted by molar-refractivity contribution is -0.118. The Bertz CT molecular complexity index is 1080. The minimum absolute atomic E-state index is 0.0778. The van der Waals surface area contributed by atoms with Gasteiger partial charge in [0, 0.05) is 10.2 Å². The van der Waals surface area contributed by atoms with Crippen molar-refractivity contribution < 1.29 is 9.53 Å². The standard InChI is InChI=1S/C18H11BrN2O4/c19-10-2-1-3-11(7-10)20-16-15(17(23)18(16)24)9-4-5-12-13(6-9)25-8-14(22)21-12/h1-7,20H,8H2,(H,21,22). The highest BCUT2D eigenvalue weighted by Crippen LogP contribution is 2.34. The number of carbonyl (C=O) groups is 1. The number of fused-ring (bicyclic) bond motifs is 1. The van der Waals surface area contributed by atoms with E-state index in [4.69, 9.17) is 4.74 Å². The Labute approximate surface area is 150 Å². The Morgan fingerprint density at radius 3 is 2.68 bits per heavy atom. The number of carbonyl (C=O) groups excluding carboxylic acids is 1. The van der Waals surface area contributed by atoms with Crippen molar-refractivity contribution in [1.82, 2.24) is 0 Å². The molecule has 0 aromatic heterocycles. The lowest BCUT2D eigenvalue weighted by atomic mass is 9.97. The minimum atomic E-state index is -0.554. The molecule has 0 unspecified atom stereocenters. The third-order valence-corrected chi connectivity index (χ3v) is 4.40. The van der Waals surface area contributed by atoms with Gasteiger partial charge in [-0.15, -0.1) is 0 Å². The number of hydrogen-bond donors (Lipinski definition) is 2. The van der Waals surface area contributed by atoms with Crippen LogP contribution < -0.4 is 26.2 Å². The molecule has 2 N–H and O–H groups in total. The van der Waals surface area contributed by atoms with Crippen LogP contribution in [0.2, 0.25) is 0 Å². The fourth-order valence-electron chi connectivity index (χ4n) is 2.73. The summed E-state index contributed by atoms with van der Waals surface area (Å²) in [5, 5.41) is 5.69. The van der Waals surface area contributed by atoms with Gasteiger partial charge in [-0.1, -0.05) is 28.1 Å². The molecule has 0 bridgehead atoms. The van der Waals surface area contributed by atoms with E-state index >= 15 is 0 Å². The van der Waals surface area contributed by atoms with Crippen molar-refractivity contribution in [2.24, 2.45) is 0 Å². The molecule has 0 saturated carbocycles. The highest BCUT2D eigenvalue weighted by Gasteiger charge is 2.24. The third-order valence-electron chi connectivity index (χ3n) is 3.91. The lowest BCUT2D eigenvalue weighted by Crippen LogP contribution is -2.35. The normalized spacial score (nSPS) is 13.1. The summed E-state index contributed by atoms with van der Waals surface area (Å²) in [6.45, 7) is -0.0778. The van der Waals surface area contributed by atoms with Crippen molar-refractivity contribution >= 4 is 38.9 Å². The van der Waals surface area contributed by atoms with Crippen molar-refractivity contribution in [3.05, 3.63) is 67.4 Å². The molecular weight excluding hydrogens is 388 g/mol. The molecule has 0 saturated heterocycles. The number of amides is 1. The molecule has 1 aliphatic rings. The van der Waals surface area contributed by atoms with Crippen molar-refractivity contribution in [1.29, 1.82) is 0 Å². The Kier molecular flexibility index (Phi) is 3.65. The van der Waals surface area contributed by atoms with Crippen molar-refractivity contribution in [3.63, 3.8) is 0 Å². The van der Waals surface area contributed by atoms with Crippen LogP contribution in [0.15, 0.2) is 56.5 Å². The number of halogens is 1. The molecule has 0 spiro atoms. The maximum Gasteiger partial charge on any atom is 0.262 e. The molecular formula is C18H11BrN2O4. The summed E-state index contributed by atoms with van der Waals surface area (Å²) in [6, 6.07) is 12.3. The van der Waals surface area contributed by atoms with Crippen LogP contribution in [0, 0.1) is 0 Å². The minimum Gasteiger partial charge on any atom is -0.482 e. The molecule has 0 fully saturated rings. The van der Waals surface area contributed by atoms with Gasteiger partial charge in [0.1, 0.15) is 11.4 Å². The van der Waals surface area contributed by atoms with Gasteiger partial charge in [-0.3, -0.25) is 14.4 Å². The van der Waals surface area contributed by atoms with Gasteiger partial charge >= 0.3 is 0 Å². The van der Waals surface area contributed by atoms with Gasteiger partial charge in [-0.05, 0) is 35.9 Å². The maximum absolute atomic E-state index is 12.1. The van der Waals surface area contributed by atoms with Gasteiger partial charge in [0.2, 0.25) is 5.43 Å². The lowest BCUT2D eigenvalue weighted by Gasteiger charge is -2.19. The second-order valence-electron chi connectivity index (χ2n) is 5.59. The molecule has 25 heavy (non-hydrogen) atoms. The van der Waals surface area contributed by atoms with Crippen LogP contribution in [-0.2, 0) is 4.79 Å². The Hall–Kier alpha value is -2.93. The van der Waals surface area contributed by atoms with E-state index in [1.54, 1.807) is 24.3 Å². The van der Waals surface area contributed by atoms with Crippen LogP contribution in [0.3, 0.4) is 0 Å². The zero-order valence-electron chi connectivity index (χ0n) is 12.8. The molecule has 0 radical (unpaired) electrons. The van der Waals surface area contributed by atoms with E-state index in [0.717, 1.165) is 4.47 Å². The molecule has 3 aromatic rings. The van der Waals surface area contributed by atoms with Crippen LogP contribution in [0.1, 0.15) is 0 Å². The molecule has 7 heteroatoms. The Morgan fingerprint density at radius 2 is 1.88 bits per heavy atom. The SMILES string of the molecule is O=C1COc2cc(-c3c(Nc4cccc(Br)c4)c(=O)c3=O)ccc2N1. The molecule has 1 aliphatic heterocycles. The number of nitrogens with one attached hydrogen (secondary N) is 2. The first-order valence-electron chi connectivity index (χ1n) is 7.46. The smallest absolute Gasteiger partial charge is 0.262 e. The summed E-state index contributed by atoms with van der Waals surface area (Å²) in [5.41, 5.74) is 1.27. The second kappa shape index (κ2) is 5.86. The van der Waals surface area contributed by atoms with E-state index < -0.39 is 10.9 Å². The van der Waals surface area contributed by atoms with E-state index in [0.29, 0.717) is 28.3 Å². The van der Waals surface area contributed by atoms with Gasteiger partial charge in [0.25, 0.3) is 11.3 Å². The van der Waals surface area contributed by atoms with Crippen LogP contribution in [0.4, 0.5) is 17.1 Å². The summed E-state index contributed by atoms with van der Waals surface area (Å²) >= 11 is 3.37. The van der Waals surface area contributed by atoms with E-state index in [1.165, 1.54) is 0 Å². The summed E-state index contributed by atoms with van der Waals surface area (Å²) in [6.07, 6.45) is 0. The molecule has 124 valence electrons. The topological polar surface area (TPSA) is 84.5 Å². The van der Waals surface area contributed by atoms with Gasteiger partial charge in [0.15, 0.2) is 6.61 Å². The summed E-state index contributed by atoms with van der Waals surface area (Å²) in [7, 11) is 0. The number of hydrogen-bond acceptors (Lipinski definition) is 5.